The number of nitrogens with one attached hydrogen (secondary N) is 1. The molecule has 0 aliphatic carbocycles. The van der Waals surface area contributed by atoms with Crippen LogP contribution in [-0.2, 0) is 18.4 Å². The molecule has 0 unspecified atom stereocenters. The highest BCUT2D eigenvalue weighted by Crippen LogP contribution is 2.23. The zero-order valence-electron chi connectivity index (χ0n) is 13.5. The van der Waals surface area contributed by atoms with Crippen molar-refractivity contribution >= 4 is 5.82 Å². The molecule has 22 heavy (non-hydrogen) atoms. The molecule has 3 heterocycles. The second kappa shape index (κ2) is 5.19. The molecule has 0 saturated carbocycles. The van der Waals surface area contributed by atoms with Gasteiger partial charge in [0.25, 0.3) is 5.56 Å². The molecule has 0 aromatic carbocycles. The van der Waals surface area contributed by atoms with Crippen LogP contribution in [0.5, 0.6) is 0 Å². The number of fused-ring (bicyclic) bond motifs is 1. The van der Waals surface area contributed by atoms with Crippen LogP contribution in [0.2, 0.25) is 0 Å². The summed E-state index contributed by atoms with van der Waals surface area (Å²) in [7, 11) is 0. The molecule has 3 rings (SSSR count). The summed E-state index contributed by atoms with van der Waals surface area (Å²) in [6, 6.07) is 1.90. The molecule has 2 aromatic rings. The molecule has 1 aliphatic heterocycles. The maximum atomic E-state index is 12.1. The Balaban J connectivity index is 1.94. The molecule has 0 fully saturated rings. The molecule has 0 bridgehead atoms. The average molecular weight is 299 g/mol. The maximum Gasteiger partial charge on any atom is 0.256 e. The minimum Gasteiger partial charge on any atom is -0.352 e. The summed E-state index contributed by atoms with van der Waals surface area (Å²) in [4.78, 5) is 30.5. The first kappa shape index (κ1) is 14.7. The Labute approximate surface area is 129 Å². The highest BCUT2D eigenvalue weighted by Gasteiger charge is 2.23. The van der Waals surface area contributed by atoms with Gasteiger partial charge in [-0.2, -0.15) is 0 Å². The van der Waals surface area contributed by atoms with E-state index in [0.717, 1.165) is 35.9 Å². The lowest BCUT2D eigenvalue weighted by Crippen LogP contribution is -2.36. The second-order valence-corrected chi connectivity index (χ2v) is 6.74. The van der Waals surface area contributed by atoms with Crippen molar-refractivity contribution in [2.24, 2.45) is 0 Å². The van der Waals surface area contributed by atoms with E-state index in [9.17, 15) is 4.79 Å². The Morgan fingerprint density at radius 2 is 2.05 bits per heavy atom. The number of nitrogens with zero attached hydrogens (tertiary/aromatic N) is 4. The van der Waals surface area contributed by atoms with Gasteiger partial charge in [0, 0.05) is 24.6 Å². The van der Waals surface area contributed by atoms with Gasteiger partial charge in [0.05, 0.1) is 17.8 Å². The predicted molar refractivity (Wildman–Crippen MR) is 85.1 cm³/mol. The molecule has 0 spiro atoms. The molecule has 2 aromatic heterocycles. The van der Waals surface area contributed by atoms with Crippen LogP contribution in [0.3, 0.4) is 0 Å². The van der Waals surface area contributed by atoms with Crippen LogP contribution >= 0.6 is 0 Å². The van der Waals surface area contributed by atoms with Crippen LogP contribution in [0.15, 0.2) is 17.1 Å². The van der Waals surface area contributed by atoms with E-state index in [1.807, 2.05) is 13.0 Å². The fourth-order valence-electron chi connectivity index (χ4n) is 2.63. The summed E-state index contributed by atoms with van der Waals surface area (Å²) in [5, 5.41) is 0. The highest BCUT2D eigenvalue weighted by molar-refractivity contribution is 5.42. The average Bonchev–Trinajstić information content (AvgIpc) is 2.46. The summed E-state index contributed by atoms with van der Waals surface area (Å²) in [5.74, 6) is 2.35. The van der Waals surface area contributed by atoms with E-state index in [4.69, 9.17) is 0 Å². The molecule has 6 heteroatoms. The van der Waals surface area contributed by atoms with Crippen molar-refractivity contribution in [1.29, 1.82) is 0 Å². The largest absolute Gasteiger partial charge is 0.352 e. The van der Waals surface area contributed by atoms with Crippen molar-refractivity contribution in [3.63, 3.8) is 0 Å². The Kier molecular flexibility index (Phi) is 3.47. The zero-order chi connectivity index (χ0) is 15.9. The van der Waals surface area contributed by atoms with Crippen molar-refractivity contribution in [2.45, 2.75) is 46.1 Å². The van der Waals surface area contributed by atoms with E-state index >= 15 is 0 Å². The quantitative estimate of drug-likeness (QED) is 0.868. The van der Waals surface area contributed by atoms with Gasteiger partial charge in [-0.3, -0.25) is 4.79 Å². The van der Waals surface area contributed by atoms with Crippen molar-refractivity contribution in [2.75, 3.05) is 11.4 Å². The molecule has 0 saturated heterocycles. The summed E-state index contributed by atoms with van der Waals surface area (Å²) < 4.78 is 0. The highest BCUT2D eigenvalue weighted by atomic mass is 16.1. The zero-order valence-corrected chi connectivity index (χ0v) is 13.5. The lowest BCUT2D eigenvalue weighted by atomic mass is 9.96. The van der Waals surface area contributed by atoms with Crippen molar-refractivity contribution in [1.82, 2.24) is 19.9 Å². The van der Waals surface area contributed by atoms with Crippen LogP contribution < -0.4 is 10.5 Å². The SMILES string of the molecule is Cc1nc2c(c(=O)[nH]1)CN(c1ccnc(C(C)(C)C)n1)CC2. The van der Waals surface area contributed by atoms with E-state index in [2.05, 4.69) is 45.6 Å². The van der Waals surface area contributed by atoms with Gasteiger partial charge < -0.3 is 9.88 Å². The van der Waals surface area contributed by atoms with Crippen LogP contribution in [-0.4, -0.2) is 26.5 Å². The molecule has 0 amide bonds. The van der Waals surface area contributed by atoms with Crippen LogP contribution in [0.25, 0.3) is 0 Å². The monoisotopic (exact) mass is 299 g/mol. The Morgan fingerprint density at radius 1 is 1.27 bits per heavy atom. The fourth-order valence-corrected chi connectivity index (χ4v) is 2.63. The van der Waals surface area contributed by atoms with E-state index in [1.54, 1.807) is 6.20 Å². The molecular weight excluding hydrogens is 278 g/mol. The van der Waals surface area contributed by atoms with Crippen molar-refractivity contribution in [3.05, 3.63) is 45.5 Å². The van der Waals surface area contributed by atoms with E-state index in [1.165, 1.54) is 0 Å². The van der Waals surface area contributed by atoms with Crippen LogP contribution in [0.4, 0.5) is 5.82 Å². The molecule has 116 valence electrons. The maximum absolute atomic E-state index is 12.1. The fraction of sp³-hybridized carbons (Fsp3) is 0.500. The van der Waals surface area contributed by atoms with Gasteiger partial charge in [0.15, 0.2) is 0 Å². The number of H-pyrrole nitrogens is 1. The molecular formula is C16H21N5O. The molecule has 0 radical (unpaired) electrons. The number of anilines is 1. The van der Waals surface area contributed by atoms with Crippen molar-refractivity contribution in [3.8, 4) is 0 Å². The van der Waals surface area contributed by atoms with E-state index < -0.39 is 0 Å². The number of hydrogen-bond donors (Lipinski definition) is 1. The lowest BCUT2D eigenvalue weighted by Gasteiger charge is -2.29. The van der Waals surface area contributed by atoms with E-state index in [-0.39, 0.29) is 11.0 Å². The third kappa shape index (κ3) is 2.73. The molecule has 6 nitrogen and oxygen atoms in total. The topological polar surface area (TPSA) is 74.8 Å². The normalized spacial score (nSPS) is 14.8. The van der Waals surface area contributed by atoms with Gasteiger partial charge in [-0.1, -0.05) is 20.8 Å². The van der Waals surface area contributed by atoms with Gasteiger partial charge in [-0.25, -0.2) is 15.0 Å². The number of hydrogen-bond acceptors (Lipinski definition) is 5. The first-order valence-electron chi connectivity index (χ1n) is 7.52. The van der Waals surface area contributed by atoms with Gasteiger partial charge in [0.2, 0.25) is 0 Å². The molecule has 1 N–H and O–H groups in total. The first-order chi connectivity index (χ1) is 10.3. The summed E-state index contributed by atoms with van der Waals surface area (Å²) in [5.41, 5.74) is 1.51. The van der Waals surface area contributed by atoms with Crippen LogP contribution in [0, 0.1) is 6.92 Å². The summed E-state index contributed by atoms with van der Waals surface area (Å²) in [6.07, 6.45) is 2.55. The van der Waals surface area contributed by atoms with Crippen LogP contribution in [0.1, 0.15) is 43.7 Å². The molecule has 1 aliphatic rings. The van der Waals surface area contributed by atoms with Gasteiger partial charge in [-0.05, 0) is 13.0 Å². The Morgan fingerprint density at radius 3 is 2.77 bits per heavy atom. The lowest BCUT2D eigenvalue weighted by molar-refractivity contribution is 0.542. The van der Waals surface area contributed by atoms with Gasteiger partial charge in [-0.15, -0.1) is 0 Å². The summed E-state index contributed by atoms with van der Waals surface area (Å²) in [6.45, 7) is 9.44. The Bertz CT molecular complexity index is 760. The second-order valence-electron chi connectivity index (χ2n) is 6.74. The first-order valence-corrected chi connectivity index (χ1v) is 7.52. The summed E-state index contributed by atoms with van der Waals surface area (Å²) >= 11 is 0. The minimum atomic E-state index is -0.0974. The predicted octanol–water partition coefficient (Wildman–Crippen LogP) is 1.73. The van der Waals surface area contributed by atoms with Crippen molar-refractivity contribution < 1.29 is 0 Å². The third-order valence-electron chi connectivity index (χ3n) is 3.82. The standard InChI is InChI=1S/C16H21N5O/c1-10-18-12-6-8-21(9-11(12)14(22)19-10)13-5-7-17-15(20-13)16(2,3)4/h5,7H,6,8-9H2,1-4H3,(H,18,19,22). The number of rotatable bonds is 1. The Hall–Kier alpha value is -2.24. The number of aryl methyl sites for hydroxylation is 1. The third-order valence-corrected chi connectivity index (χ3v) is 3.82. The van der Waals surface area contributed by atoms with Gasteiger partial charge in [0.1, 0.15) is 17.5 Å². The number of aromatic amines is 1. The van der Waals surface area contributed by atoms with Gasteiger partial charge >= 0.3 is 0 Å². The molecule has 0 atom stereocenters. The smallest absolute Gasteiger partial charge is 0.256 e. The number of aromatic nitrogens is 4. The minimum absolute atomic E-state index is 0.0442. The van der Waals surface area contributed by atoms with E-state index in [0.29, 0.717) is 12.4 Å².